The number of aryl methyl sites for hydroxylation is 2. The van der Waals surface area contributed by atoms with E-state index in [1.165, 1.54) is 17.7 Å². The molecule has 0 spiro atoms. The highest BCUT2D eigenvalue weighted by Gasteiger charge is 2.32. The molecule has 0 aliphatic carbocycles. The number of hydrazone groups is 1. The number of amides is 2. The lowest BCUT2D eigenvalue weighted by Crippen LogP contribution is -2.39. The fourth-order valence-corrected chi connectivity index (χ4v) is 6.00. The van der Waals surface area contributed by atoms with Crippen LogP contribution in [0.15, 0.2) is 107 Å². The van der Waals surface area contributed by atoms with E-state index in [9.17, 15) is 13.2 Å². The van der Waals surface area contributed by atoms with Crippen LogP contribution < -0.4 is 15.0 Å². The second-order valence-electron chi connectivity index (χ2n) is 9.72. The first-order chi connectivity index (χ1) is 19.2. The van der Waals surface area contributed by atoms with Crippen LogP contribution in [-0.2, 0) is 16.6 Å². The fraction of sp³-hybridized carbons (Fsp3) is 0.161. The highest BCUT2D eigenvalue weighted by Crippen LogP contribution is 2.40. The zero-order valence-electron chi connectivity index (χ0n) is 22.1. The van der Waals surface area contributed by atoms with Crippen LogP contribution in [0.5, 0.6) is 0 Å². The second-order valence-corrected chi connectivity index (χ2v) is 11.8. The maximum atomic E-state index is 12.9. The maximum Gasteiger partial charge on any atom is 0.328 e. The molecule has 1 atom stereocenters. The molecule has 7 nitrogen and oxygen atoms in total. The zero-order valence-corrected chi connectivity index (χ0v) is 23.7. The van der Waals surface area contributed by atoms with Crippen molar-refractivity contribution in [2.75, 3.05) is 5.01 Å². The van der Waals surface area contributed by atoms with Crippen LogP contribution in [0.25, 0.3) is 0 Å². The monoisotopic (exact) mass is 572 g/mol. The molecule has 4 aromatic rings. The maximum absolute atomic E-state index is 12.9. The average molecular weight is 573 g/mol. The summed E-state index contributed by atoms with van der Waals surface area (Å²) in [5, 5.41) is 10.1. The van der Waals surface area contributed by atoms with Crippen molar-refractivity contribution in [3.63, 3.8) is 0 Å². The first-order valence-electron chi connectivity index (χ1n) is 12.8. The van der Waals surface area contributed by atoms with Crippen LogP contribution in [-0.4, -0.2) is 20.2 Å². The average Bonchev–Trinajstić information content (AvgIpc) is 3.37. The van der Waals surface area contributed by atoms with E-state index in [0.29, 0.717) is 17.1 Å². The SMILES string of the molecule is Cc1ccc(C2=NN(c3ccc(S(=O)(=O)NC(=O)NCc4ccccc4)cc3)C(c3ccccc3Cl)C2)c(C)c1. The van der Waals surface area contributed by atoms with Gasteiger partial charge in [-0.05, 0) is 60.9 Å². The number of anilines is 1. The van der Waals surface area contributed by atoms with Gasteiger partial charge in [-0.25, -0.2) is 17.9 Å². The molecule has 0 bridgehead atoms. The lowest BCUT2D eigenvalue weighted by molar-refractivity contribution is 0.245. The molecule has 1 aliphatic rings. The molecule has 0 aromatic heterocycles. The summed E-state index contributed by atoms with van der Waals surface area (Å²) in [7, 11) is -4.08. The number of hydrogen-bond donors (Lipinski definition) is 2. The first kappa shape index (κ1) is 27.4. The molecule has 0 saturated heterocycles. The third kappa shape index (κ3) is 6.03. The standard InChI is InChI=1S/C31H29ClN4O3S/c1-21-12-17-26(22(2)18-21)29-19-30(27-10-6-7-11-28(27)32)36(34-29)24-13-15-25(16-14-24)40(38,39)35-31(37)33-20-23-8-4-3-5-9-23/h3-18,30H,19-20H2,1-2H3,(H2,33,35,37). The Morgan fingerprint density at radius 3 is 2.35 bits per heavy atom. The van der Waals surface area contributed by atoms with Crippen LogP contribution in [0.3, 0.4) is 0 Å². The van der Waals surface area contributed by atoms with E-state index in [0.717, 1.165) is 28.0 Å². The van der Waals surface area contributed by atoms with Gasteiger partial charge in [-0.15, -0.1) is 0 Å². The van der Waals surface area contributed by atoms with Gasteiger partial charge in [0.25, 0.3) is 10.0 Å². The summed E-state index contributed by atoms with van der Waals surface area (Å²) in [6.45, 7) is 4.34. The first-order valence-corrected chi connectivity index (χ1v) is 14.7. The van der Waals surface area contributed by atoms with Gasteiger partial charge in [0, 0.05) is 23.6 Å². The van der Waals surface area contributed by atoms with E-state index in [1.54, 1.807) is 12.1 Å². The molecular formula is C31H29ClN4O3S. The number of rotatable bonds is 7. The minimum absolute atomic E-state index is 0.0295. The molecule has 2 N–H and O–H groups in total. The van der Waals surface area contributed by atoms with Crippen LogP contribution in [0.2, 0.25) is 5.02 Å². The number of hydrogen-bond acceptors (Lipinski definition) is 5. The highest BCUT2D eigenvalue weighted by atomic mass is 35.5. The number of nitrogens with one attached hydrogen (secondary N) is 2. The Kier molecular flexibility index (Phi) is 7.91. The molecule has 1 aliphatic heterocycles. The van der Waals surface area contributed by atoms with E-state index in [4.69, 9.17) is 16.7 Å². The van der Waals surface area contributed by atoms with Crippen molar-refractivity contribution in [3.8, 4) is 0 Å². The van der Waals surface area contributed by atoms with Gasteiger partial charge >= 0.3 is 6.03 Å². The van der Waals surface area contributed by atoms with Crippen molar-refractivity contribution >= 4 is 39.1 Å². The summed E-state index contributed by atoms with van der Waals surface area (Å²) in [4.78, 5) is 12.3. The highest BCUT2D eigenvalue weighted by molar-refractivity contribution is 7.90. The summed E-state index contributed by atoms with van der Waals surface area (Å²) in [6.07, 6.45) is 0.636. The molecule has 9 heteroatoms. The number of urea groups is 1. The van der Waals surface area contributed by atoms with E-state index in [1.807, 2.05) is 59.6 Å². The number of benzene rings is 4. The van der Waals surface area contributed by atoms with Crippen LogP contribution in [0.4, 0.5) is 10.5 Å². The molecule has 1 unspecified atom stereocenters. The lowest BCUT2D eigenvalue weighted by Gasteiger charge is -2.25. The van der Waals surface area contributed by atoms with Gasteiger partial charge in [0.15, 0.2) is 0 Å². The molecule has 5 rings (SSSR count). The Hall–Kier alpha value is -4.14. The van der Waals surface area contributed by atoms with Crippen LogP contribution in [0, 0.1) is 13.8 Å². The summed E-state index contributed by atoms with van der Waals surface area (Å²) in [6, 6.07) is 28.5. The number of halogens is 1. The summed E-state index contributed by atoms with van der Waals surface area (Å²) in [5.74, 6) is 0. The molecule has 2 amide bonds. The molecule has 1 heterocycles. The van der Waals surface area contributed by atoms with Gasteiger partial charge < -0.3 is 5.32 Å². The molecule has 0 fully saturated rings. The largest absolute Gasteiger partial charge is 0.333 e. The van der Waals surface area contributed by atoms with Gasteiger partial charge in [-0.2, -0.15) is 5.10 Å². The van der Waals surface area contributed by atoms with Gasteiger partial charge in [0.1, 0.15) is 0 Å². The van der Waals surface area contributed by atoms with Crippen molar-refractivity contribution < 1.29 is 13.2 Å². The molecular weight excluding hydrogens is 544 g/mol. The smallest absolute Gasteiger partial charge is 0.328 e. The summed E-state index contributed by atoms with van der Waals surface area (Å²) in [5.41, 5.74) is 6.80. The number of carbonyl (C=O) groups excluding carboxylic acids is 1. The minimum Gasteiger partial charge on any atom is -0.333 e. The lowest BCUT2D eigenvalue weighted by atomic mass is 9.95. The number of nitrogens with zero attached hydrogens (tertiary/aromatic N) is 2. The molecule has 4 aromatic carbocycles. The Balaban J connectivity index is 1.39. The van der Waals surface area contributed by atoms with Gasteiger partial charge in [-0.1, -0.05) is 83.9 Å². The van der Waals surface area contributed by atoms with Gasteiger partial charge in [-0.3, -0.25) is 5.01 Å². The van der Waals surface area contributed by atoms with Crippen molar-refractivity contribution in [1.29, 1.82) is 0 Å². The predicted molar refractivity (Wildman–Crippen MR) is 159 cm³/mol. The minimum atomic E-state index is -4.08. The Labute approximate surface area is 239 Å². The van der Waals surface area contributed by atoms with E-state index in [-0.39, 0.29) is 17.5 Å². The number of carbonyl (C=O) groups is 1. The molecule has 0 saturated carbocycles. The van der Waals surface area contributed by atoms with Crippen molar-refractivity contribution in [2.24, 2.45) is 5.10 Å². The molecule has 204 valence electrons. The van der Waals surface area contributed by atoms with Crippen LogP contribution >= 0.6 is 11.6 Å². The van der Waals surface area contributed by atoms with Crippen LogP contribution in [0.1, 0.15) is 40.3 Å². The normalized spacial score (nSPS) is 15.0. The topological polar surface area (TPSA) is 90.9 Å². The Bertz CT molecular complexity index is 1670. The second kappa shape index (κ2) is 11.5. The van der Waals surface area contributed by atoms with E-state index < -0.39 is 16.1 Å². The van der Waals surface area contributed by atoms with Gasteiger partial charge in [0.2, 0.25) is 0 Å². The third-order valence-corrected chi connectivity index (χ3v) is 8.49. The summed E-state index contributed by atoms with van der Waals surface area (Å²) < 4.78 is 27.9. The quantitative estimate of drug-likeness (QED) is 0.264. The third-order valence-electron chi connectivity index (χ3n) is 6.80. The van der Waals surface area contributed by atoms with Gasteiger partial charge in [0.05, 0.1) is 22.3 Å². The zero-order chi connectivity index (χ0) is 28.3. The van der Waals surface area contributed by atoms with Crippen molar-refractivity contribution in [3.05, 3.63) is 130 Å². The predicted octanol–water partition coefficient (Wildman–Crippen LogP) is 6.50. The molecule has 40 heavy (non-hydrogen) atoms. The number of sulfonamides is 1. The fourth-order valence-electron chi connectivity index (χ4n) is 4.81. The van der Waals surface area contributed by atoms with E-state index >= 15 is 0 Å². The van der Waals surface area contributed by atoms with Crippen molar-refractivity contribution in [2.45, 2.75) is 37.8 Å². The Morgan fingerprint density at radius 2 is 1.65 bits per heavy atom. The Morgan fingerprint density at radius 1 is 0.950 bits per heavy atom. The summed E-state index contributed by atoms with van der Waals surface area (Å²) >= 11 is 6.60. The van der Waals surface area contributed by atoms with E-state index in [2.05, 4.69) is 42.1 Å². The van der Waals surface area contributed by atoms with Crippen molar-refractivity contribution in [1.82, 2.24) is 10.0 Å². The molecule has 0 radical (unpaired) electrons.